The summed E-state index contributed by atoms with van der Waals surface area (Å²) in [5.74, 6) is 0.742. The van der Waals surface area contributed by atoms with E-state index >= 15 is 0 Å². The Bertz CT molecular complexity index is 750. The maximum absolute atomic E-state index is 6.08. The van der Waals surface area contributed by atoms with Crippen LogP contribution < -0.4 is 0 Å². The van der Waals surface area contributed by atoms with Crippen LogP contribution in [0.1, 0.15) is 18.4 Å². The molecule has 0 aliphatic carbocycles. The fourth-order valence-corrected chi connectivity index (χ4v) is 4.67. The van der Waals surface area contributed by atoms with E-state index in [0.717, 1.165) is 43.7 Å². The second kappa shape index (κ2) is 12.9. The number of likely N-dealkylation sites (tertiary alicyclic amines) is 1. The third-order valence-electron chi connectivity index (χ3n) is 6.12. The summed E-state index contributed by atoms with van der Waals surface area (Å²) in [6.07, 6.45) is 3.81. The molecule has 3 nitrogen and oxygen atoms in total. The minimum atomic E-state index is 0. The van der Waals surface area contributed by atoms with Gasteiger partial charge in [0, 0.05) is 37.7 Å². The van der Waals surface area contributed by atoms with E-state index in [1.807, 2.05) is 12.1 Å². The zero-order valence-corrected chi connectivity index (χ0v) is 19.9. The normalized spacial score (nSPS) is 20.2. The maximum atomic E-state index is 6.08. The second-order valence-electron chi connectivity index (χ2n) is 8.13. The molecule has 2 aromatic rings. The van der Waals surface area contributed by atoms with Crippen molar-refractivity contribution in [1.29, 1.82) is 0 Å². The molecule has 1 atom stereocenters. The van der Waals surface area contributed by atoms with E-state index < -0.39 is 0 Å². The molecule has 0 amide bonds. The quantitative estimate of drug-likeness (QED) is 0.558. The van der Waals surface area contributed by atoms with E-state index in [9.17, 15) is 0 Å². The average Bonchev–Trinajstić information content (AvgIpc) is 2.74. The molecule has 4 rings (SSSR count). The minimum Gasteiger partial charge on any atom is -0.379 e. The van der Waals surface area contributed by atoms with Gasteiger partial charge in [0.25, 0.3) is 0 Å². The number of hydrogen-bond acceptors (Lipinski definition) is 3. The molecule has 2 fully saturated rings. The van der Waals surface area contributed by atoms with E-state index in [0.29, 0.717) is 0 Å². The molecule has 2 heterocycles. The van der Waals surface area contributed by atoms with Gasteiger partial charge < -0.3 is 9.64 Å². The fourth-order valence-electron chi connectivity index (χ4n) is 4.55. The van der Waals surface area contributed by atoms with Gasteiger partial charge in [-0.25, -0.2) is 0 Å². The zero-order chi connectivity index (χ0) is 19.2. The highest BCUT2D eigenvalue weighted by Gasteiger charge is 2.22. The van der Waals surface area contributed by atoms with Gasteiger partial charge in [0.2, 0.25) is 0 Å². The van der Waals surface area contributed by atoms with E-state index in [4.69, 9.17) is 16.3 Å². The highest BCUT2D eigenvalue weighted by atomic mass is 35.5. The molecule has 166 valence electrons. The van der Waals surface area contributed by atoms with Crippen molar-refractivity contribution in [3.63, 3.8) is 0 Å². The third-order valence-corrected chi connectivity index (χ3v) is 6.37. The Morgan fingerprint density at radius 3 is 2.33 bits per heavy atom. The van der Waals surface area contributed by atoms with Crippen molar-refractivity contribution >= 4 is 36.4 Å². The van der Waals surface area contributed by atoms with Crippen LogP contribution in [0.4, 0.5) is 0 Å². The predicted molar refractivity (Wildman–Crippen MR) is 132 cm³/mol. The Balaban J connectivity index is 0.00000160. The lowest BCUT2D eigenvalue weighted by molar-refractivity contribution is 0.0308. The lowest BCUT2D eigenvalue weighted by Gasteiger charge is -2.35. The Labute approximate surface area is 198 Å². The molecule has 1 unspecified atom stereocenters. The van der Waals surface area contributed by atoms with Crippen LogP contribution in [0.2, 0.25) is 5.02 Å². The van der Waals surface area contributed by atoms with Crippen molar-refractivity contribution in [3.05, 3.63) is 59.1 Å². The van der Waals surface area contributed by atoms with Crippen LogP contribution in [0.5, 0.6) is 0 Å². The van der Waals surface area contributed by atoms with Crippen molar-refractivity contribution in [2.75, 3.05) is 52.5 Å². The monoisotopic (exact) mass is 470 g/mol. The lowest BCUT2D eigenvalue weighted by atomic mass is 9.88. The Hall–Kier alpha value is -0.810. The molecule has 2 aliphatic heterocycles. The van der Waals surface area contributed by atoms with Gasteiger partial charge in [0.05, 0.1) is 13.2 Å². The van der Waals surface area contributed by atoms with Crippen molar-refractivity contribution in [3.8, 4) is 11.1 Å². The summed E-state index contributed by atoms with van der Waals surface area (Å²) in [4.78, 5) is 5.22. The number of rotatable bonds is 6. The highest BCUT2D eigenvalue weighted by molar-refractivity contribution is 6.30. The van der Waals surface area contributed by atoms with Crippen LogP contribution in [0.25, 0.3) is 11.1 Å². The van der Waals surface area contributed by atoms with Gasteiger partial charge in [-0.2, -0.15) is 0 Å². The molecule has 0 saturated carbocycles. The largest absolute Gasteiger partial charge is 0.379 e. The molecule has 2 aliphatic rings. The van der Waals surface area contributed by atoms with Gasteiger partial charge in [-0.05, 0) is 60.5 Å². The molecule has 2 aromatic carbocycles. The number of benzene rings is 2. The smallest absolute Gasteiger partial charge is 0.0594 e. The number of nitrogens with zero attached hydrogens (tertiary/aromatic N) is 2. The summed E-state index contributed by atoms with van der Waals surface area (Å²) < 4.78 is 5.47. The van der Waals surface area contributed by atoms with Gasteiger partial charge in [-0.15, -0.1) is 24.8 Å². The van der Waals surface area contributed by atoms with Crippen LogP contribution >= 0.6 is 36.4 Å². The molecule has 0 N–H and O–H groups in total. The summed E-state index contributed by atoms with van der Waals surface area (Å²) >= 11 is 6.08. The van der Waals surface area contributed by atoms with Crippen LogP contribution in [0, 0.1) is 5.92 Å². The van der Waals surface area contributed by atoms with Crippen molar-refractivity contribution in [2.45, 2.75) is 19.3 Å². The lowest BCUT2D eigenvalue weighted by Crippen LogP contribution is -2.44. The van der Waals surface area contributed by atoms with Gasteiger partial charge in [-0.1, -0.05) is 48.0 Å². The minimum absolute atomic E-state index is 0. The fraction of sp³-hybridized carbons (Fsp3) is 0.500. The number of halogens is 3. The Morgan fingerprint density at radius 1 is 0.867 bits per heavy atom. The zero-order valence-electron chi connectivity index (χ0n) is 17.5. The van der Waals surface area contributed by atoms with Crippen molar-refractivity contribution in [1.82, 2.24) is 9.80 Å². The summed E-state index contributed by atoms with van der Waals surface area (Å²) in [5, 5.41) is 0.796. The number of morpholine rings is 1. The van der Waals surface area contributed by atoms with Crippen molar-refractivity contribution < 1.29 is 4.74 Å². The molecular formula is C24H33Cl3N2O. The van der Waals surface area contributed by atoms with Gasteiger partial charge in [0.15, 0.2) is 0 Å². The molecule has 0 bridgehead atoms. The van der Waals surface area contributed by atoms with Crippen LogP contribution in [-0.2, 0) is 11.2 Å². The topological polar surface area (TPSA) is 15.7 Å². The first kappa shape index (κ1) is 25.5. The molecule has 6 heteroatoms. The number of hydrogen-bond donors (Lipinski definition) is 0. The number of ether oxygens (including phenoxy) is 1. The van der Waals surface area contributed by atoms with E-state index in [1.54, 1.807) is 0 Å². The summed E-state index contributed by atoms with van der Waals surface area (Å²) in [6.45, 7) is 8.80. The van der Waals surface area contributed by atoms with Crippen molar-refractivity contribution in [2.24, 2.45) is 5.92 Å². The summed E-state index contributed by atoms with van der Waals surface area (Å²) in [7, 11) is 0. The van der Waals surface area contributed by atoms with E-state index in [1.165, 1.54) is 55.7 Å². The van der Waals surface area contributed by atoms with Crippen LogP contribution in [-0.4, -0.2) is 62.3 Å². The number of piperidine rings is 1. The molecule has 2 saturated heterocycles. The molecule has 0 aromatic heterocycles. The van der Waals surface area contributed by atoms with Gasteiger partial charge >= 0.3 is 0 Å². The first-order valence-corrected chi connectivity index (χ1v) is 11.0. The van der Waals surface area contributed by atoms with Crippen LogP contribution in [0.3, 0.4) is 0 Å². The Kier molecular flexibility index (Phi) is 10.9. The third kappa shape index (κ3) is 7.12. The van der Waals surface area contributed by atoms with E-state index in [2.05, 4.69) is 46.2 Å². The average molecular weight is 472 g/mol. The highest BCUT2D eigenvalue weighted by Crippen LogP contribution is 2.29. The maximum Gasteiger partial charge on any atom is 0.0594 e. The Morgan fingerprint density at radius 2 is 1.57 bits per heavy atom. The molecular weight excluding hydrogens is 439 g/mol. The molecule has 30 heavy (non-hydrogen) atoms. The SMILES string of the molecule is Cl.Cl.Clc1ccc(-c2ccccc2CC2CCCN(CCN3CCOCC3)C2)cc1. The summed E-state index contributed by atoms with van der Waals surface area (Å²) in [5.41, 5.74) is 4.08. The first-order chi connectivity index (χ1) is 13.8. The van der Waals surface area contributed by atoms with E-state index in [-0.39, 0.29) is 24.8 Å². The van der Waals surface area contributed by atoms with Gasteiger partial charge in [-0.3, -0.25) is 4.90 Å². The molecule has 0 spiro atoms. The predicted octanol–water partition coefficient (Wildman–Crippen LogP) is 5.44. The van der Waals surface area contributed by atoms with Crippen LogP contribution in [0.15, 0.2) is 48.5 Å². The second-order valence-corrected chi connectivity index (χ2v) is 8.57. The standard InChI is InChI=1S/C24H31ClN2O.2ClH/c25-23-9-7-21(8-10-23)24-6-2-1-5-22(24)18-20-4-3-11-27(19-20)13-12-26-14-16-28-17-15-26;;/h1-2,5-10,20H,3-4,11-19H2;2*1H. The van der Waals surface area contributed by atoms with Gasteiger partial charge in [0.1, 0.15) is 0 Å². The summed E-state index contributed by atoms with van der Waals surface area (Å²) in [6, 6.07) is 17.1. The molecule has 0 radical (unpaired) electrons. The first-order valence-electron chi connectivity index (χ1n) is 10.6.